The highest BCUT2D eigenvalue weighted by Gasteiger charge is 2.52. The smallest absolute Gasteiger partial charge is 0.326 e. The topological polar surface area (TPSA) is 92.8 Å². The Bertz CT molecular complexity index is 776. The van der Waals surface area contributed by atoms with Gasteiger partial charge in [0.15, 0.2) is 6.61 Å². The van der Waals surface area contributed by atoms with Gasteiger partial charge in [-0.1, -0.05) is 31.9 Å². The minimum atomic E-state index is -0.847. The number of rotatable bonds is 5. The summed E-state index contributed by atoms with van der Waals surface area (Å²) >= 11 is 6.99. The van der Waals surface area contributed by atoms with Crippen molar-refractivity contribution in [3.05, 3.63) is 30.1 Å². The SMILES string of the molecule is O=C(COC(=O)CN1C(=O)[C@@H]2C[C@H](Br)[C@@H](Br)C[C@H]2C1=O)Nc1ccc(F)cc1. The van der Waals surface area contributed by atoms with E-state index >= 15 is 0 Å². The number of fused-ring (bicyclic) bond motifs is 1. The molecule has 28 heavy (non-hydrogen) atoms. The standard InChI is InChI=1S/C18H17Br2FN2O5/c19-13-5-11-12(6-14(13)20)18(27)23(17(11)26)7-16(25)28-8-15(24)22-10-3-1-9(21)2-4-10/h1-4,11-14H,5-8H2,(H,22,24)/t11-,12-,13+,14+/m1/s1. The van der Waals surface area contributed by atoms with Crippen LogP contribution in [0, 0.1) is 17.7 Å². The number of alkyl halides is 2. The largest absolute Gasteiger partial charge is 0.454 e. The van der Waals surface area contributed by atoms with Crippen LogP contribution in [0.1, 0.15) is 12.8 Å². The van der Waals surface area contributed by atoms with Gasteiger partial charge in [-0.25, -0.2) is 4.39 Å². The lowest BCUT2D eigenvalue weighted by molar-refractivity contribution is -0.154. The molecule has 150 valence electrons. The zero-order valence-corrected chi connectivity index (χ0v) is 17.7. The highest BCUT2D eigenvalue weighted by Crippen LogP contribution is 2.43. The summed E-state index contributed by atoms with van der Waals surface area (Å²) in [5, 5.41) is 2.45. The van der Waals surface area contributed by atoms with Crippen molar-refractivity contribution in [1.29, 1.82) is 0 Å². The van der Waals surface area contributed by atoms with E-state index in [1.54, 1.807) is 0 Å². The highest BCUT2D eigenvalue weighted by atomic mass is 79.9. The van der Waals surface area contributed by atoms with E-state index in [-0.39, 0.29) is 21.5 Å². The van der Waals surface area contributed by atoms with Crippen molar-refractivity contribution in [2.24, 2.45) is 11.8 Å². The molecule has 1 aliphatic carbocycles. The molecule has 2 fully saturated rings. The van der Waals surface area contributed by atoms with Crippen LogP contribution < -0.4 is 5.32 Å². The third-order valence-corrected chi connectivity index (χ3v) is 7.52. The second-order valence-electron chi connectivity index (χ2n) is 6.69. The number of likely N-dealkylation sites (tertiary alicyclic amines) is 1. The van der Waals surface area contributed by atoms with Gasteiger partial charge >= 0.3 is 5.97 Å². The van der Waals surface area contributed by atoms with Crippen LogP contribution in [-0.2, 0) is 23.9 Å². The number of amides is 3. The van der Waals surface area contributed by atoms with Crippen molar-refractivity contribution >= 4 is 61.2 Å². The molecule has 1 N–H and O–H groups in total. The molecule has 0 unspecified atom stereocenters. The molecule has 2 aliphatic rings. The second-order valence-corrected chi connectivity index (χ2v) is 9.05. The Morgan fingerprint density at radius 2 is 1.61 bits per heavy atom. The van der Waals surface area contributed by atoms with Crippen molar-refractivity contribution in [2.45, 2.75) is 22.5 Å². The fourth-order valence-electron chi connectivity index (χ4n) is 3.37. The normalized spacial score (nSPS) is 26.8. The highest BCUT2D eigenvalue weighted by molar-refractivity contribution is 9.12. The summed E-state index contributed by atoms with van der Waals surface area (Å²) in [4.78, 5) is 49.9. The second kappa shape index (κ2) is 8.69. The van der Waals surface area contributed by atoms with Crippen molar-refractivity contribution in [2.75, 3.05) is 18.5 Å². The zero-order valence-electron chi connectivity index (χ0n) is 14.6. The maximum absolute atomic E-state index is 12.8. The summed E-state index contributed by atoms with van der Waals surface area (Å²) in [6, 6.07) is 5.10. The number of ether oxygens (including phenoxy) is 1. The van der Waals surface area contributed by atoms with Gasteiger partial charge < -0.3 is 10.1 Å². The van der Waals surface area contributed by atoms with E-state index in [1.165, 1.54) is 24.3 Å². The molecule has 1 saturated heterocycles. The monoisotopic (exact) mass is 518 g/mol. The lowest BCUT2D eigenvalue weighted by Crippen LogP contribution is -2.37. The third kappa shape index (κ3) is 4.60. The molecule has 0 spiro atoms. The number of halogens is 3. The fourth-order valence-corrected chi connectivity index (χ4v) is 4.61. The molecule has 1 aromatic carbocycles. The van der Waals surface area contributed by atoms with Crippen molar-refractivity contribution in [3.63, 3.8) is 0 Å². The van der Waals surface area contributed by atoms with Crippen LogP contribution >= 0.6 is 31.9 Å². The Morgan fingerprint density at radius 3 is 2.14 bits per heavy atom. The zero-order chi connectivity index (χ0) is 20.4. The van der Waals surface area contributed by atoms with Crippen molar-refractivity contribution < 1.29 is 28.3 Å². The lowest BCUT2D eigenvalue weighted by Gasteiger charge is -2.29. The fraction of sp³-hybridized carbons (Fsp3) is 0.444. The number of hydrogen-bond acceptors (Lipinski definition) is 5. The number of benzene rings is 1. The number of imide groups is 1. The molecule has 1 heterocycles. The summed E-state index contributed by atoms with van der Waals surface area (Å²) in [5.41, 5.74) is 0.352. The summed E-state index contributed by atoms with van der Waals surface area (Å²) in [6.07, 6.45) is 1.02. The summed E-state index contributed by atoms with van der Waals surface area (Å²) in [5.74, 6) is -3.56. The Balaban J connectivity index is 1.50. The van der Waals surface area contributed by atoms with Crippen LogP contribution in [0.4, 0.5) is 10.1 Å². The minimum Gasteiger partial charge on any atom is -0.454 e. The molecule has 7 nitrogen and oxygen atoms in total. The van der Waals surface area contributed by atoms with Gasteiger partial charge in [0, 0.05) is 15.3 Å². The molecule has 1 aromatic rings. The van der Waals surface area contributed by atoms with E-state index in [0.29, 0.717) is 18.5 Å². The average molecular weight is 520 g/mol. The van der Waals surface area contributed by atoms with Gasteiger partial charge in [0.05, 0.1) is 11.8 Å². The Hall–Kier alpha value is -1.81. The summed E-state index contributed by atoms with van der Waals surface area (Å²) < 4.78 is 17.7. The Morgan fingerprint density at radius 1 is 1.07 bits per heavy atom. The first-order valence-electron chi connectivity index (χ1n) is 8.60. The molecule has 0 radical (unpaired) electrons. The van der Waals surface area contributed by atoms with Crippen LogP contribution in [-0.4, -0.2) is 51.4 Å². The third-order valence-electron chi connectivity index (χ3n) is 4.78. The number of esters is 1. The number of anilines is 1. The molecule has 10 heteroatoms. The van der Waals surface area contributed by atoms with E-state index in [4.69, 9.17) is 4.74 Å². The predicted molar refractivity (Wildman–Crippen MR) is 104 cm³/mol. The molecular formula is C18H17Br2FN2O5. The van der Waals surface area contributed by atoms with E-state index < -0.39 is 42.7 Å². The minimum absolute atomic E-state index is 0.0764. The Labute approximate surface area is 177 Å². The maximum Gasteiger partial charge on any atom is 0.326 e. The van der Waals surface area contributed by atoms with E-state index in [9.17, 15) is 23.6 Å². The van der Waals surface area contributed by atoms with Gasteiger partial charge in [-0.05, 0) is 37.1 Å². The molecule has 0 bridgehead atoms. The van der Waals surface area contributed by atoms with Gasteiger partial charge in [0.2, 0.25) is 11.8 Å². The van der Waals surface area contributed by atoms with E-state index in [0.717, 1.165) is 4.90 Å². The Kier molecular flexibility index (Phi) is 6.49. The van der Waals surface area contributed by atoms with Gasteiger partial charge in [-0.15, -0.1) is 0 Å². The summed E-state index contributed by atoms with van der Waals surface area (Å²) in [7, 11) is 0. The van der Waals surface area contributed by atoms with Crippen LogP contribution in [0.2, 0.25) is 0 Å². The average Bonchev–Trinajstić information content (AvgIpc) is 2.87. The van der Waals surface area contributed by atoms with Crippen LogP contribution in [0.3, 0.4) is 0 Å². The van der Waals surface area contributed by atoms with Crippen molar-refractivity contribution in [1.82, 2.24) is 4.90 Å². The quantitative estimate of drug-likeness (QED) is 0.366. The number of nitrogens with zero attached hydrogens (tertiary/aromatic N) is 1. The first-order chi connectivity index (χ1) is 13.3. The summed E-state index contributed by atoms with van der Waals surface area (Å²) in [6.45, 7) is -1.10. The number of nitrogens with one attached hydrogen (secondary N) is 1. The van der Waals surface area contributed by atoms with Crippen LogP contribution in [0.15, 0.2) is 24.3 Å². The molecular weight excluding hydrogens is 503 g/mol. The lowest BCUT2D eigenvalue weighted by atomic mass is 9.81. The molecule has 1 saturated carbocycles. The first-order valence-corrected chi connectivity index (χ1v) is 10.4. The molecule has 1 aliphatic heterocycles. The number of hydrogen-bond donors (Lipinski definition) is 1. The van der Waals surface area contributed by atoms with E-state index in [1.807, 2.05) is 0 Å². The van der Waals surface area contributed by atoms with Gasteiger partial charge in [-0.2, -0.15) is 0 Å². The van der Waals surface area contributed by atoms with Crippen LogP contribution in [0.25, 0.3) is 0 Å². The van der Waals surface area contributed by atoms with Crippen LogP contribution in [0.5, 0.6) is 0 Å². The number of carbonyl (C=O) groups excluding carboxylic acids is 4. The van der Waals surface area contributed by atoms with Gasteiger partial charge in [-0.3, -0.25) is 24.1 Å². The van der Waals surface area contributed by atoms with Gasteiger partial charge in [0.25, 0.3) is 5.91 Å². The maximum atomic E-state index is 12.8. The first kappa shape index (κ1) is 20.9. The molecule has 0 aromatic heterocycles. The molecule has 3 amide bonds. The molecule has 4 atom stereocenters. The predicted octanol–water partition coefficient (Wildman–Crippen LogP) is 2.23. The van der Waals surface area contributed by atoms with Gasteiger partial charge in [0.1, 0.15) is 12.4 Å². The van der Waals surface area contributed by atoms with Crippen molar-refractivity contribution in [3.8, 4) is 0 Å². The van der Waals surface area contributed by atoms with E-state index in [2.05, 4.69) is 37.2 Å². The number of carbonyl (C=O) groups is 4. The molecule has 3 rings (SSSR count).